The summed E-state index contributed by atoms with van der Waals surface area (Å²) in [6, 6.07) is 0.144. The van der Waals surface area contributed by atoms with Gasteiger partial charge in [0.1, 0.15) is 17.2 Å². The number of aromatic amines is 1. The van der Waals surface area contributed by atoms with Crippen molar-refractivity contribution in [3.8, 4) is 16.2 Å². The van der Waals surface area contributed by atoms with Gasteiger partial charge in [-0.2, -0.15) is 5.10 Å². The van der Waals surface area contributed by atoms with Crippen LogP contribution in [0.1, 0.15) is 16.6 Å². The third kappa shape index (κ3) is 1.62. The largest absolute Gasteiger partial charge is 0.488 e. The molecule has 0 fully saturated rings. The summed E-state index contributed by atoms with van der Waals surface area (Å²) >= 11 is 1.47. The molecule has 1 amide bonds. The highest BCUT2D eigenvalue weighted by Crippen LogP contribution is 2.49. The topological polar surface area (TPSA) is 70.2 Å². The van der Waals surface area contributed by atoms with Crippen LogP contribution in [0, 0.1) is 0 Å². The van der Waals surface area contributed by atoms with Gasteiger partial charge >= 0.3 is 0 Å². The molecule has 0 saturated carbocycles. The van der Waals surface area contributed by atoms with Crippen molar-refractivity contribution >= 4 is 22.9 Å². The predicted octanol–water partition coefficient (Wildman–Crippen LogP) is 1.47. The van der Waals surface area contributed by atoms with E-state index in [1.807, 2.05) is 13.1 Å². The van der Waals surface area contributed by atoms with Gasteiger partial charge in [-0.15, -0.1) is 11.3 Å². The average molecular weight is 290 g/mol. The first kappa shape index (κ1) is 11.8. The van der Waals surface area contributed by atoms with Gasteiger partial charge in [0.15, 0.2) is 5.75 Å². The minimum Gasteiger partial charge on any atom is -0.488 e. The molecule has 2 aliphatic rings. The summed E-state index contributed by atoms with van der Waals surface area (Å²) in [4.78, 5) is 16.3. The number of hydrogen-bond donors (Lipinski definition) is 2. The maximum Gasteiger partial charge on any atom is 0.263 e. The summed E-state index contributed by atoms with van der Waals surface area (Å²) in [6.45, 7) is 4.31. The second-order valence-electron chi connectivity index (χ2n) is 5.09. The van der Waals surface area contributed by atoms with Gasteiger partial charge in [-0.1, -0.05) is 0 Å². The van der Waals surface area contributed by atoms with Gasteiger partial charge in [0.05, 0.1) is 17.6 Å². The van der Waals surface area contributed by atoms with Gasteiger partial charge in [0, 0.05) is 24.3 Å². The Labute approximate surface area is 119 Å². The van der Waals surface area contributed by atoms with E-state index in [2.05, 4.69) is 20.4 Å². The second-order valence-corrected chi connectivity index (χ2v) is 6.11. The summed E-state index contributed by atoms with van der Waals surface area (Å²) in [6.07, 6.45) is 3.58. The Morgan fingerprint density at radius 1 is 1.50 bits per heavy atom. The molecule has 2 N–H and O–H groups in total. The molecule has 0 saturated heterocycles. The molecule has 20 heavy (non-hydrogen) atoms. The SMILES string of the molecule is C[C@H]1CN2CCOc3c(-c4cn[nH]c4)sc(c32)C(=O)N1. The van der Waals surface area contributed by atoms with Crippen LogP contribution in [0.15, 0.2) is 12.4 Å². The summed E-state index contributed by atoms with van der Waals surface area (Å²) < 4.78 is 5.85. The lowest BCUT2D eigenvalue weighted by atomic mass is 10.2. The number of nitrogens with one attached hydrogen (secondary N) is 2. The van der Waals surface area contributed by atoms with Gasteiger partial charge in [-0.25, -0.2) is 0 Å². The summed E-state index contributed by atoms with van der Waals surface area (Å²) in [7, 11) is 0. The fourth-order valence-corrected chi connectivity index (χ4v) is 3.92. The Bertz CT molecular complexity index is 664. The van der Waals surface area contributed by atoms with Crippen LogP contribution >= 0.6 is 11.3 Å². The van der Waals surface area contributed by atoms with E-state index in [-0.39, 0.29) is 11.9 Å². The third-order valence-corrected chi connectivity index (χ3v) is 4.81. The zero-order chi connectivity index (χ0) is 13.7. The van der Waals surface area contributed by atoms with Crippen molar-refractivity contribution in [3.05, 3.63) is 17.3 Å². The number of carbonyl (C=O) groups is 1. The van der Waals surface area contributed by atoms with E-state index in [1.54, 1.807) is 6.20 Å². The first-order chi connectivity index (χ1) is 9.74. The van der Waals surface area contributed by atoms with E-state index < -0.39 is 0 Å². The minimum absolute atomic E-state index is 0.0125. The highest BCUT2D eigenvalue weighted by Gasteiger charge is 2.35. The van der Waals surface area contributed by atoms with Gasteiger partial charge in [0.2, 0.25) is 0 Å². The normalized spacial score (nSPS) is 20.9. The summed E-state index contributed by atoms with van der Waals surface area (Å²) in [5.74, 6) is 0.809. The third-order valence-electron chi connectivity index (χ3n) is 3.60. The summed E-state index contributed by atoms with van der Waals surface area (Å²) in [5, 5.41) is 9.81. The molecule has 2 aromatic rings. The molecule has 1 atom stereocenters. The number of rotatable bonds is 1. The zero-order valence-corrected chi connectivity index (χ0v) is 11.8. The lowest BCUT2D eigenvalue weighted by Gasteiger charge is -2.30. The monoisotopic (exact) mass is 290 g/mol. The maximum atomic E-state index is 12.3. The average Bonchev–Trinajstić information content (AvgIpc) is 3.02. The van der Waals surface area contributed by atoms with Gasteiger partial charge < -0.3 is 15.0 Å². The smallest absolute Gasteiger partial charge is 0.263 e. The van der Waals surface area contributed by atoms with E-state index in [4.69, 9.17) is 4.74 Å². The number of aromatic nitrogens is 2. The van der Waals surface area contributed by atoms with E-state index in [9.17, 15) is 4.79 Å². The van der Waals surface area contributed by atoms with Gasteiger partial charge in [0.25, 0.3) is 5.91 Å². The van der Waals surface area contributed by atoms with Crippen molar-refractivity contribution in [1.29, 1.82) is 0 Å². The Balaban J connectivity index is 1.92. The van der Waals surface area contributed by atoms with Crippen LogP contribution < -0.4 is 15.0 Å². The molecule has 4 heterocycles. The van der Waals surface area contributed by atoms with Crippen molar-refractivity contribution in [1.82, 2.24) is 15.5 Å². The molecule has 0 spiro atoms. The number of hydrogen-bond acceptors (Lipinski definition) is 5. The Morgan fingerprint density at radius 2 is 2.40 bits per heavy atom. The number of ether oxygens (including phenoxy) is 1. The van der Waals surface area contributed by atoms with Crippen LogP contribution in [-0.4, -0.2) is 41.8 Å². The Hall–Kier alpha value is -2.02. The number of nitrogens with zero attached hydrogens (tertiary/aromatic N) is 2. The van der Waals surface area contributed by atoms with Crippen molar-refractivity contribution in [2.24, 2.45) is 0 Å². The molecule has 6 nitrogen and oxygen atoms in total. The molecule has 0 aromatic carbocycles. The van der Waals surface area contributed by atoms with Gasteiger partial charge in [-0.3, -0.25) is 9.89 Å². The van der Waals surface area contributed by atoms with Crippen LogP contribution in [0.5, 0.6) is 5.75 Å². The lowest BCUT2D eigenvalue weighted by Crippen LogP contribution is -2.41. The predicted molar refractivity (Wildman–Crippen MR) is 76.5 cm³/mol. The maximum absolute atomic E-state index is 12.3. The minimum atomic E-state index is -0.0125. The van der Waals surface area contributed by atoms with E-state index >= 15 is 0 Å². The molecular weight excluding hydrogens is 276 g/mol. The first-order valence-corrected chi connectivity index (χ1v) is 7.40. The molecule has 0 unspecified atom stereocenters. The number of amides is 1. The molecule has 0 bridgehead atoms. The molecule has 0 radical (unpaired) electrons. The highest BCUT2D eigenvalue weighted by molar-refractivity contribution is 7.18. The molecule has 2 aromatic heterocycles. The molecule has 0 aliphatic carbocycles. The van der Waals surface area contributed by atoms with Crippen LogP contribution in [-0.2, 0) is 0 Å². The second kappa shape index (κ2) is 4.24. The fourth-order valence-electron chi connectivity index (χ4n) is 2.77. The number of carbonyl (C=O) groups excluding carboxylic acids is 1. The Kier molecular flexibility index (Phi) is 2.50. The molecule has 2 aliphatic heterocycles. The standard InChI is InChI=1S/C13H14N4O2S/c1-7-6-17-2-3-19-10-9(17)12(13(18)16-7)20-11(10)8-4-14-15-5-8/h4-5,7H,2-3,6H2,1H3,(H,14,15)(H,16,18)/t7-/m0/s1. The van der Waals surface area contributed by atoms with Crippen molar-refractivity contribution in [2.45, 2.75) is 13.0 Å². The van der Waals surface area contributed by atoms with Crippen molar-refractivity contribution < 1.29 is 9.53 Å². The highest BCUT2D eigenvalue weighted by atomic mass is 32.1. The van der Waals surface area contributed by atoms with Crippen LogP contribution in [0.2, 0.25) is 0 Å². The number of thiophene rings is 1. The fraction of sp³-hybridized carbons (Fsp3) is 0.385. The molecule has 4 rings (SSSR count). The number of anilines is 1. The van der Waals surface area contributed by atoms with E-state index in [0.717, 1.165) is 39.8 Å². The molecule has 7 heteroatoms. The molecule has 104 valence electrons. The number of H-pyrrole nitrogens is 1. The summed E-state index contributed by atoms with van der Waals surface area (Å²) in [5.41, 5.74) is 1.90. The Morgan fingerprint density at radius 3 is 3.20 bits per heavy atom. The lowest BCUT2D eigenvalue weighted by molar-refractivity contribution is 0.0949. The van der Waals surface area contributed by atoms with Gasteiger partial charge in [-0.05, 0) is 6.92 Å². The van der Waals surface area contributed by atoms with Crippen LogP contribution in [0.3, 0.4) is 0 Å². The first-order valence-electron chi connectivity index (χ1n) is 6.58. The van der Waals surface area contributed by atoms with Crippen LogP contribution in [0.25, 0.3) is 10.4 Å². The zero-order valence-electron chi connectivity index (χ0n) is 11.0. The van der Waals surface area contributed by atoms with Crippen molar-refractivity contribution in [2.75, 3.05) is 24.6 Å². The quantitative estimate of drug-likeness (QED) is 0.834. The van der Waals surface area contributed by atoms with E-state index in [1.165, 1.54) is 11.3 Å². The van der Waals surface area contributed by atoms with Crippen LogP contribution in [0.4, 0.5) is 5.69 Å². The molecular formula is C13H14N4O2S. The van der Waals surface area contributed by atoms with E-state index in [0.29, 0.717) is 6.61 Å². The van der Waals surface area contributed by atoms with Crippen molar-refractivity contribution in [3.63, 3.8) is 0 Å².